The highest BCUT2D eigenvalue weighted by atomic mass is 16.4. The Kier molecular flexibility index (Phi) is 7.39. The monoisotopic (exact) mass is 293 g/mol. The second-order valence-electron chi connectivity index (χ2n) is 5.41. The summed E-state index contributed by atoms with van der Waals surface area (Å²) in [5, 5.41) is 11.6. The Labute approximate surface area is 125 Å². The van der Waals surface area contributed by atoms with Crippen molar-refractivity contribution in [1.82, 2.24) is 15.2 Å². The molecule has 0 aliphatic rings. The third-order valence-corrected chi connectivity index (χ3v) is 2.85. The van der Waals surface area contributed by atoms with E-state index in [1.807, 2.05) is 30.9 Å². The smallest absolute Gasteiger partial charge is 0.304 e. The van der Waals surface area contributed by atoms with Crippen molar-refractivity contribution in [3.8, 4) is 0 Å². The molecular weight excluding hydrogens is 270 g/mol. The van der Waals surface area contributed by atoms with Crippen LogP contribution in [0.1, 0.15) is 25.8 Å². The van der Waals surface area contributed by atoms with Gasteiger partial charge in [0.15, 0.2) is 0 Å². The van der Waals surface area contributed by atoms with Gasteiger partial charge in [-0.05, 0) is 17.5 Å². The van der Waals surface area contributed by atoms with Crippen molar-refractivity contribution < 1.29 is 14.7 Å². The molecule has 0 unspecified atom stereocenters. The molecule has 0 radical (unpaired) electrons. The van der Waals surface area contributed by atoms with Gasteiger partial charge in [0.05, 0.1) is 13.0 Å². The Morgan fingerprint density at radius 3 is 2.76 bits per heavy atom. The fraction of sp³-hybridized carbons (Fsp3) is 0.533. The fourth-order valence-corrected chi connectivity index (χ4v) is 1.79. The Balaban J connectivity index is 2.55. The van der Waals surface area contributed by atoms with Crippen LogP contribution < -0.4 is 5.32 Å². The first-order valence-electron chi connectivity index (χ1n) is 7.07. The normalized spacial score (nSPS) is 10.9. The quantitative estimate of drug-likeness (QED) is 0.713. The van der Waals surface area contributed by atoms with Crippen molar-refractivity contribution in [3.05, 3.63) is 30.1 Å². The van der Waals surface area contributed by atoms with Crippen LogP contribution in [0.5, 0.6) is 0 Å². The van der Waals surface area contributed by atoms with Crippen LogP contribution >= 0.6 is 0 Å². The van der Waals surface area contributed by atoms with Crippen molar-refractivity contribution in [2.75, 3.05) is 19.6 Å². The van der Waals surface area contributed by atoms with Gasteiger partial charge in [0.1, 0.15) is 0 Å². The van der Waals surface area contributed by atoms with Gasteiger partial charge in [-0.3, -0.25) is 19.5 Å². The molecule has 0 bridgehead atoms. The van der Waals surface area contributed by atoms with Crippen molar-refractivity contribution in [3.63, 3.8) is 0 Å². The number of aromatic nitrogens is 1. The van der Waals surface area contributed by atoms with Gasteiger partial charge >= 0.3 is 5.97 Å². The van der Waals surface area contributed by atoms with E-state index in [-0.39, 0.29) is 18.9 Å². The molecule has 0 saturated carbocycles. The second-order valence-corrected chi connectivity index (χ2v) is 5.41. The highest BCUT2D eigenvalue weighted by Gasteiger charge is 2.13. The molecule has 1 aromatic heterocycles. The molecule has 6 nitrogen and oxygen atoms in total. The lowest BCUT2D eigenvalue weighted by atomic mass is 10.2. The number of nitrogens with one attached hydrogen (secondary N) is 1. The van der Waals surface area contributed by atoms with Crippen molar-refractivity contribution in [1.29, 1.82) is 0 Å². The molecule has 0 saturated heterocycles. The molecule has 21 heavy (non-hydrogen) atoms. The van der Waals surface area contributed by atoms with E-state index in [4.69, 9.17) is 5.11 Å². The van der Waals surface area contributed by atoms with Crippen LogP contribution in [-0.2, 0) is 16.1 Å². The topological polar surface area (TPSA) is 82.5 Å². The SMILES string of the molecule is CC(C)CNC(=O)CN(CCC(=O)O)Cc1cccnc1. The Morgan fingerprint density at radius 2 is 2.19 bits per heavy atom. The van der Waals surface area contributed by atoms with Gasteiger partial charge in [-0.15, -0.1) is 0 Å². The standard InChI is InChI=1S/C15H23N3O3/c1-12(2)8-17-14(19)11-18(7-5-15(20)21)10-13-4-3-6-16-9-13/h3-4,6,9,12H,5,7-8,10-11H2,1-2H3,(H,17,19)(H,20,21). The third kappa shape index (κ3) is 8.04. The lowest BCUT2D eigenvalue weighted by Crippen LogP contribution is -2.39. The summed E-state index contributed by atoms with van der Waals surface area (Å²) in [6.07, 6.45) is 3.41. The molecule has 0 fully saturated rings. The van der Waals surface area contributed by atoms with E-state index < -0.39 is 5.97 Å². The molecule has 0 aliphatic heterocycles. The van der Waals surface area contributed by atoms with E-state index in [0.717, 1.165) is 5.56 Å². The third-order valence-electron chi connectivity index (χ3n) is 2.85. The molecule has 2 N–H and O–H groups in total. The van der Waals surface area contributed by atoms with Gasteiger partial charge in [0.2, 0.25) is 5.91 Å². The average Bonchev–Trinajstić information content (AvgIpc) is 2.43. The van der Waals surface area contributed by atoms with Crippen LogP contribution in [0.4, 0.5) is 0 Å². The van der Waals surface area contributed by atoms with Crippen molar-refractivity contribution in [2.24, 2.45) is 5.92 Å². The summed E-state index contributed by atoms with van der Waals surface area (Å²) in [5.41, 5.74) is 0.958. The Morgan fingerprint density at radius 1 is 1.43 bits per heavy atom. The second kappa shape index (κ2) is 9.07. The summed E-state index contributed by atoms with van der Waals surface area (Å²) in [4.78, 5) is 28.4. The van der Waals surface area contributed by atoms with Crippen LogP contribution in [-0.4, -0.2) is 46.5 Å². The van der Waals surface area contributed by atoms with Crippen molar-refractivity contribution >= 4 is 11.9 Å². The van der Waals surface area contributed by atoms with Crippen molar-refractivity contribution in [2.45, 2.75) is 26.8 Å². The summed E-state index contributed by atoms with van der Waals surface area (Å²) >= 11 is 0. The fourth-order valence-electron chi connectivity index (χ4n) is 1.79. The first-order chi connectivity index (χ1) is 9.97. The van der Waals surface area contributed by atoms with Gasteiger partial charge in [0, 0.05) is 32.0 Å². The summed E-state index contributed by atoms with van der Waals surface area (Å²) in [6.45, 7) is 5.71. The maximum absolute atomic E-state index is 11.9. The molecule has 116 valence electrons. The summed E-state index contributed by atoms with van der Waals surface area (Å²) in [5.74, 6) is -0.563. The van der Waals surface area contributed by atoms with Gasteiger partial charge < -0.3 is 10.4 Å². The average molecular weight is 293 g/mol. The van der Waals surface area contributed by atoms with E-state index in [0.29, 0.717) is 25.6 Å². The highest BCUT2D eigenvalue weighted by Crippen LogP contribution is 2.03. The first kappa shape index (κ1) is 17.1. The van der Waals surface area contributed by atoms with Crippen LogP contribution in [0.15, 0.2) is 24.5 Å². The predicted molar refractivity (Wildman–Crippen MR) is 79.6 cm³/mol. The summed E-state index contributed by atoms with van der Waals surface area (Å²) in [6, 6.07) is 3.73. The number of aliphatic carboxylic acids is 1. The molecule has 0 spiro atoms. The highest BCUT2D eigenvalue weighted by molar-refractivity contribution is 5.78. The molecule has 1 heterocycles. The molecule has 1 rings (SSSR count). The lowest BCUT2D eigenvalue weighted by molar-refractivity contribution is -0.137. The van der Waals surface area contributed by atoms with E-state index in [1.54, 1.807) is 12.4 Å². The largest absolute Gasteiger partial charge is 0.481 e. The zero-order valence-electron chi connectivity index (χ0n) is 12.6. The number of nitrogens with zero attached hydrogens (tertiary/aromatic N) is 2. The van der Waals surface area contributed by atoms with Crippen LogP contribution in [0.2, 0.25) is 0 Å². The number of pyridine rings is 1. The number of carbonyl (C=O) groups excluding carboxylic acids is 1. The number of hydrogen-bond acceptors (Lipinski definition) is 4. The Bertz CT molecular complexity index is 449. The molecule has 0 atom stereocenters. The van der Waals surface area contributed by atoms with E-state index in [2.05, 4.69) is 10.3 Å². The lowest BCUT2D eigenvalue weighted by Gasteiger charge is -2.21. The molecule has 0 aliphatic carbocycles. The minimum Gasteiger partial charge on any atom is -0.481 e. The molecule has 0 aromatic carbocycles. The first-order valence-corrected chi connectivity index (χ1v) is 7.07. The Hall–Kier alpha value is -1.95. The predicted octanol–water partition coefficient (Wildman–Crippen LogP) is 1.13. The number of carboxylic acid groups (broad SMARTS) is 1. The van der Waals surface area contributed by atoms with Gasteiger partial charge in [0.25, 0.3) is 0 Å². The maximum atomic E-state index is 11.9. The van der Waals surface area contributed by atoms with Gasteiger partial charge in [-0.25, -0.2) is 0 Å². The van der Waals surface area contributed by atoms with E-state index in [1.165, 1.54) is 0 Å². The van der Waals surface area contributed by atoms with Gasteiger partial charge in [-0.1, -0.05) is 19.9 Å². The molecular formula is C15H23N3O3. The zero-order valence-corrected chi connectivity index (χ0v) is 12.6. The molecule has 6 heteroatoms. The summed E-state index contributed by atoms with van der Waals surface area (Å²) in [7, 11) is 0. The van der Waals surface area contributed by atoms with E-state index >= 15 is 0 Å². The maximum Gasteiger partial charge on any atom is 0.304 e. The van der Waals surface area contributed by atoms with Gasteiger partial charge in [-0.2, -0.15) is 0 Å². The van der Waals surface area contributed by atoms with E-state index in [9.17, 15) is 9.59 Å². The summed E-state index contributed by atoms with van der Waals surface area (Å²) < 4.78 is 0. The van der Waals surface area contributed by atoms with Crippen LogP contribution in [0.3, 0.4) is 0 Å². The molecule has 1 aromatic rings. The van der Waals surface area contributed by atoms with Crippen LogP contribution in [0.25, 0.3) is 0 Å². The zero-order chi connectivity index (χ0) is 15.7. The van der Waals surface area contributed by atoms with Crippen LogP contribution in [0, 0.1) is 5.92 Å². The molecule has 1 amide bonds. The minimum absolute atomic E-state index is 0.0116. The number of carboxylic acids is 1. The number of carbonyl (C=O) groups is 2. The number of rotatable bonds is 9. The number of hydrogen-bond donors (Lipinski definition) is 2. The number of amides is 1. The minimum atomic E-state index is -0.867.